The first-order valence-corrected chi connectivity index (χ1v) is 10.7. The molecule has 4 nitrogen and oxygen atoms in total. The number of benzene rings is 3. The number of hydrogen-bond donors (Lipinski definition) is 2. The predicted octanol–water partition coefficient (Wildman–Crippen LogP) is 4.99. The van der Waals surface area contributed by atoms with E-state index >= 15 is 0 Å². The van der Waals surface area contributed by atoms with Crippen molar-refractivity contribution in [3.05, 3.63) is 95.6 Å². The Hall–Kier alpha value is -3.68. The van der Waals surface area contributed by atoms with E-state index in [1.807, 2.05) is 66.7 Å². The number of aryl methyl sites for hydroxylation is 1. The number of Topliss-reactive ketones (excluding diaryl/α,β-unsaturated/α-hetero) is 1. The second-order valence-electron chi connectivity index (χ2n) is 7.65. The summed E-state index contributed by atoms with van der Waals surface area (Å²) in [5.74, 6) is 3.71. The molecule has 0 saturated carbocycles. The van der Waals surface area contributed by atoms with Crippen LogP contribution in [0.15, 0.2) is 78.9 Å². The summed E-state index contributed by atoms with van der Waals surface area (Å²) in [5.41, 5.74) is 4.46. The first kappa shape index (κ1) is 23.0. The highest BCUT2D eigenvalue weighted by Gasteiger charge is 2.21. The van der Waals surface area contributed by atoms with Crippen molar-refractivity contribution in [2.24, 2.45) is 5.92 Å². The molecule has 0 bridgehead atoms. The molecule has 162 valence electrons. The number of carbonyl (C=O) groups excluding carboxylic acids is 1. The van der Waals surface area contributed by atoms with Crippen LogP contribution in [-0.2, 0) is 11.2 Å². The Balaban J connectivity index is 1.59. The molecule has 0 radical (unpaired) electrons. The number of carbonyl (C=O) groups is 2. The van der Waals surface area contributed by atoms with Crippen LogP contribution in [0, 0.1) is 17.8 Å². The molecule has 4 heteroatoms. The highest BCUT2D eigenvalue weighted by Crippen LogP contribution is 2.22. The molecule has 0 saturated heterocycles. The van der Waals surface area contributed by atoms with Crippen molar-refractivity contribution in [2.75, 3.05) is 6.61 Å². The van der Waals surface area contributed by atoms with Crippen LogP contribution in [0.4, 0.5) is 0 Å². The van der Waals surface area contributed by atoms with E-state index in [1.54, 1.807) is 12.1 Å². The molecule has 0 aliphatic heterocycles. The standard InChI is InChI=1S/C28H26O4/c29-19-5-9-22-11-13-23(14-12-22)24-15-17-25(18-16-24)27(30)20-26(28(31)32)10-4-8-21-6-2-1-3-7-21/h1-3,6-7,11-18,26,29H,4,8,10,19-20H2,(H,31,32)/t26-/m1/s1. The number of aliphatic carboxylic acids is 1. The van der Waals surface area contributed by atoms with Crippen LogP contribution in [0.25, 0.3) is 11.1 Å². The molecule has 0 amide bonds. The van der Waals surface area contributed by atoms with Gasteiger partial charge in [0.1, 0.15) is 6.61 Å². The van der Waals surface area contributed by atoms with Crippen molar-refractivity contribution in [3.8, 4) is 23.0 Å². The van der Waals surface area contributed by atoms with Gasteiger partial charge in [0.25, 0.3) is 0 Å². The van der Waals surface area contributed by atoms with Crippen molar-refractivity contribution in [1.29, 1.82) is 0 Å². The van der Waals surface area contributed by atoms with Crippen molar-refractivity contribution < 1.29 is 19.8 Å². The maximum Gasteiger partial charge on any atom is 0.306 e. The minimum Gasteiger partial charge on any atom is -0.481 e. The molecule has 0 spiro atoms. The molecule has 3 rings (SSSR count). The Bertz CT molecular complexity index is 1090. The van der Waals surface area contributed by atoms with Gasteiger partial charge in [-0.05, 0) is 48.1 Å². The van der Waals surface area contributed by atoms with E-state index in [1.165, 1.54) is 5.56 Å². The number of rotatable bonds is 9. The topological polar surface area (TPSA) is 74.6 Å². The Labute approximate surface area is 188 Å². The zero-order valence-corrected chi connectivity index (χ0v) is 17.8. The molecule has 0 fully saturated rings. The largest absolute Gasteiger partial charge is 0.481 e. The minimum atomic E-state index is -0.924. The van der Waals surface area contributed by atoms with Gasteiger partial charge in [0.2, 0.25) is 0 Å². The monoisotopic (exact) mass is 426 g/mol. The van der Waals surface area contributed by atoms with Crippen molar-refractivity contribution >= 4 is 11.8 Å². The first-order chi connectivity index (χ1) is 15.6. The van der Waals surface area contributed by atoms with Gasteiger partial charge in [-0.2, -0.15) is 0 Å². The lowest BCUT2D eigenvalue weighted by Crippen LogP contribution is -2.18. The highest BCUT2D eigenvalue weighted by molar-refractivity contribution is 5.98. The molecule has 0 aliphatic carbocycles. The molecule has 0 heterocycles. The van der Waals surface area contributed by atoms with Gasteiger partial charge in [0, 0.05) is 17.5 Å². The molecule has 0 unspecified atom stereocenters. The van der Waals surface area contributed by atoms with Crippen LogP contribution in [0.1, 0.15) is 40.7 Å². The van der Waals surface area contributed by atoms with Gasteiger partial charge in [-0.15, -0.1) is 0 Å². The van der Waals surface area contributed by atoms with Gasteiger partial charge >= 0.3 is 5.97 Å². The van der Waals surface area contributed by atoms with Crippen molar-refractivity contribution in [3.63, 3.8) is 0 Å². The maximum atomic E-state index is 12.7. The van der Waals surface area contributed by atoms with E-state index in [0.717, 1.165) is 29.5 Å². The van der Waals surface area contributed by atoms with Gasteiger partial charge in [-0.1, -0.05) is 78.6 Å². The summed E-state index contributed by atoms with van der Waals surface area (Å²) in [4.78, 5) is 24.4. The normalized spacial score (nSPS) is 11.3. The predicted molar refractivity (Wildman–Crippen MR) is 125 cm³/mol. The Morgan fingerprint density at radius 1 is 0.844 bits per heavy atom. The summed E-state index contributed by atoms with van der Waals surface area (Å²) in [6.45, 7) is -0.174. The summed E-state index contributed by atoms with van der Waals surface area (Å²) >= 11 is 0. The molecule has 3 aromatic carbocycles. The maximum absolute atomic E-state index is 12.7. The number of carboxylic acid groups (broad SMARTS) is 1. The summed E-state index contributed by atoms with van der Waals surface area (Å²) in [6.07, 6.45) is 2.00. The van der Waals surface area contributed by atoms with Crippen LogP contribution in [-0.4, -0.2) is 28.6 Å². The Morgan fingerprint density at radius 3 is 2.06 bits per heavy atom. The minimum absolute atomic E-state index is 0.00168. The fourth-order valence-electron chi connectivity index (χ4n) is 3.59. The van der Waals surface area contributed by atoms with Crippen LogP contribution in [0.2, 0.25) is 0 Å². The summed E-state index contributed by atoms with van der Waals surface area (Å²) in [7, 11) is 0. The first-order valence-electron chi connectivity index (χ1n) is 10.7. The molecule has 0 aromatic heterocycles. The molecule has 1 atom stereocenters. The van der Waals surface area contributed by atoms with Gasteiger partial charge in [-0.3, -0.25) is 9.59 Å². The van der Waals surface area contributed by atoms with E-state index in [9.17, 15) is 14.7 Å². The number of ketones is 1. The van der Waals surface area contributed by atoms with Crippen LogP contribution >= 0.6 is 0 Å². The Morgan fingerprint density at radius 2 is 1.47 bits per heavy atom. The lowest BCUT2D eigenvalue weighted by atomic mass is 9.92. The van der Waals surface area contributed by atoms with Gasteiger partial charge in [-0.25, -0.2) is 0 Å². The molecule has 2 N–H and O–H groups in total. The lowest BCUT2D eigenvalue weighted by molar-refractivity contribution is -0.141. The van der Waals surface area contributed by atoms with Crippen LogP contribution < -0.4 is 0 Å². The van der Waals surface area contributed by atoms with E-state index in [0.29, 0.717) is 12.0 Å². The molecule has 0 aliphatic rings. The number of aliphatic hydroxyl groups is 1. The zero-order valence-electron chi connectivity index (χ0n) is 17.8. The Kier molecular flexibility index (Phi) is 8.36. The lowest BCUT2D eigenvalue weighted by Gasteiger charge is -2.12. The van der Waals surface area contributed by atoms with Gasteiger partial charge in [0.05, 0.1) is 5.92 Å². The third-order valence-electron chi connectivity index (χ3n) is 5.38. The van der Waals surface area contributed by atoms with Crippen LogP contribution in [0.5, 0.6) is 0 Å². The molecular weight excluding hydrogens is 400 g/mol. The zero-order chi connectivity index (χ0) is 22.8. The van der Waals surface area contributed by atoms with E-state index in [4.69, 9.17) is 5.11 Å². The molecule has 3 aromatic rings. The quantitative estimate of drug-likeness (QED) is 0.373. The third kappa shape index (κ3) is 6.66. The number of aliphatic hydroxyl groups excluding tert-OH is 1. The third-order valence-corrected chi connectivity index (χ3v) is 5.38. The summed E-state index contributed by atoms with van der Waals surface area (Å²) in [6, 6.07) is 24.8. The SMILES string of the molecule is O=C(C[C@@H](CCCc1ccccc1)C(=O)O)c1ccc(-c2ccc(C#CCO)cc2)cc1. The van der Waals surface area contributed by atoms with E-state index < -0.39 is 11.9 Å². The fraction of sp³-hybridized carbons (Fsp3) is 0.214. The van der Waals surface area contributed by atoms with Gasteiger partial charge < -0.3 is 10.2 Å². The summed E-state index contributed by atoms with van der Waals surface area (Å²) in [5, 5.41) is 18.3. The highest BCUT2D eigenvalue weighted by atomic mass is 16.4. The molecular formula is C28H26O4. The van der Waals surface area contributed by atoms with Crippen LogP contribution in [0.3, 0.4) is 0 Å². The smallest absolute Gasteiger partial charge is 0.306 e. The van der Waals surface area contributed by atoms with Gasteiger partial charge in [0.15, 0.2) is 5.78 Å². The van der Waals surface area contributed by atoms with E-state index in [-0.39, 0.29) is 18.8 Å². The average Bonchev–Trinajstić information content (AvgIpc) is 2.83. The number of hydrogen-bond acceptors (Lipinski definition) is 3. The fourth-order valence-corrected chi connectivity index (χ4v) is 3.59. The van der Waals surface area contributed by atoms with E-state index in [2.05, 4.69) is 11.8 Å². The summed E-state index contributed by atoms with van der Waals surface area (Å²) < 4.78 is 0. The molecule has 32 heavy (non-hydrogen) atoms. The van der Waals surface area contributed by atoms with Crippen molar-refractivity contribution in [1.82, 2.24) is 0 Å². The van der Waals surface area contributed by atoms with Crippen molar-refractivity contribution in [2.45, 2.75) is 25.7 Å². The second kappa shape index (κ2) is 11.6. The second-order valence-corrected chi connectivity index (χ2v) is 7.65. The number of carboxylic acids is 1. The average molecular weight is 427 g/mol.